The Kier molecular flexibility index (Phi) is 6.42. The largest absolute Gasteiger partial charge is 0.336 e. The van der Waals surface area contributed by atoms with Crippen molar-refractivity contribution in [1.82, 2.24) is 19.6 Å². The van der Waals surface area contributed by atoms with Gasteiger partial charge in [0.25, 0.3) is 5.91 Å². The van der Waals surface area contributed by atoms with Gasteiger partial charge in [-0.15, -0.1) is 0 Å². The Morgan fingerprint density at radius 1 is 1.14 bits per heavy atom. The highest BCUT2D eigenvalue weighted by atomic mass is 35.5. The van der Waals surface area contributed by atoms with E-state index in [-0.39, 0.29) is 11.7 Å². The van der Waals surface area contributed by atoms with Crippen molar-refractivity contribution in [3.8, 4) is 0 Å². The Hall–Kier alpha value is -1.90. The number of halogens is 1. The monoisotopic (exact) mass is 424 g/mol. The third-order valence-corrected chi connectivity index (χ3v) is 6.20. The molecule has 9 heteroatoms. The summed E-state index contributed by atoms with van der Waals surface area (Å²) in [5.41, 5.74) is 2.12. The molecule has 0 saturated carbocycles. The maximum Gasteiger partial charge on any atom is 0.258 e. The van der Waals surface area contributed by atoms with E-state index in [9.17, 15) is 13.2 Å². The lowest BCUT2D eigenvalue weighted by Crippen LogP contribution is -2.49. The van der Waals surface area contributed by atoms with Crippen molar-refractivity contribution in [2.75, 3.05) is 44.7 Å². The molecule has 1 aliphatic heterocycles. The highest BCUT2D eigenvalue weighted by Crippen LogP contribution is 2.23. The molecule has 1 aliphatic rings. The number of aryl methyl sites for hydroxylation is 1. The summed E-state index contributed by atoms with van der Waals surface area (Å²) < 4.78 is 24.3. The van der Waals surface area contributed by atoms with E-state index in [1.165, 1.54) is 6.26 Å². The molecule has 0 radical (unpaired) electrons. The van der Waals surface area contributed by atoms with Gasteiger partial charge in [0.15, 0.2) is 0 Å². The minimum atomic E-state index is -2.98. The van der Waals surface area contributed by atoms with Gasteiger partial charge in [0.1, 0.15) is 15.0 Å². The summed E-state index contributed by atoms with van der Waals surface area (Å²) in [6.07, 6.45) is 1.24. The molecule has 0 aliphatic carbocycles. The number of rotatable bonds is 6. The van der Waals surface area contributed by atoms with Gasteiger partial charge in [-0.1, -0.05) is 41.9 Å². The van der Waals surface area contributed by atoms with Gasteiger partial charge >= 0.3 is 0 Å². The maximum absolute atomic E-state index is 13.0. The van der Waals surface area contributed by atoms with Crippen molar-refractivity contribution in [3.05, 3.63) is 52.3 Å². The van der Waals surface area contributed by atoms with E-state index in [2.05, 4.69) is 10.00 Å². The average molecular weight is 425 g/mol. The second-order valence-corrected chi connectivity index (χ2v) is 9.78. The van der Waals surface area contributed by atoms with E-state index < -0.39 is 9.84 Å². The zero-order chi connectivity index (χ0) is 20.3. The van der Waals surface area contributed by atoms with E-state index in [0.717, 1.165) is 5.56 Å². The number of amides is 1. The molecule has 28 heavy (non-hydrogen) atoms. The van der Waals surface area contributed by atoms with Crippen LogP contribution in [-0.4, -0.2) is 78.6 Å². The number of piperazine rings is 1. The van der Waals surface area contributed by atoms with Crippen molar-refractivity contribution in [2.45, 2.75) is 13.5 Å². The van der Waals surface area contributed by atoms with Crippen LogP contribution in [0.15, 0.2) is 30.3 Å². The van der Waals surface area contributed by atoms with Gasteiger partial charge in [0, 0.05) is 39.0 Å². The zero-order valence-corrected chi connectivity index (χ0v) is 17.7. The van der Waals surface area contributed by atoms with Crippen LogP contribution in [0, 0.1) is 6.92 Å². The molecule has 1 saturated heterocycles. The van der Waals surface area contributed by atoms with Gasteiger partial charge in [-0.3, -0.25) is 9.69 Å². The fourth-order valence-corrected chi connectivity index (χ4v) is 4.19. The molecule has 0 bridgehead atoms. The van der Waals surface area contributed by atoms with E-state index in [4.69, 9.17) is 11.6 Å². The van der Waals surface area contributed by atoms with Crippen LogP contribution in [-0.2, 0) is 16.4 Å². The predicted molar refractivity (Wildman–Crippen MR) is 110 cm³/mol. The smallest absolute Gasteiger partial charge is 0.258 e. The Bertz CT molecular complexity index is 936. The first kappa shape index (κ1) is 20.8. The van der Waals surface area contributed by atoms with Gasteiger partial charge in [-0.25, -0.2) is 13.1 Å². The molecule has 1 aromatic carbocycles. The van der Waals surface area contributed by atoms with Gasteiger partial charge < -0.3 is 4.90 Å². The number of hydrogen-bond donors (Lipinski definition) is 0. The summed E-state index contributed by atoms with van der Waals surface area (Å²) in [4.78, 5) is 16.8. The minimum Gasteiger partial charge on any atom is -0.336 e. The van der Waals surface area contributed by atoms with Crippen LogP contribution in [0.25, 0.3) is 0 Å². The quantitative estimate of drug-likeness (QED) is 0.705. The molecule has 1 fully saturated rings. The van der Waals surface area contributed by atoms with E-state index >= 15 is 0 Å². The van der Waals surface area contributed by atoms with E-state index in [0.29, 0.717) is 55.7 Å². The molecule has 0 unspecified atom stereocenters. The molecule has 2 aromatic rings. The van der Waals surface area contributed by atoms with E-state index in [1.54, 1.807) is 16.5 Å². The number of aromatic nitrogens is 2. The topological polar surface area (TPSA) is 75.5 Å². The number of carbonyl (C=O) groups is 1. The van der Waals surface area contributed by atoms with Crippen LogP contribution >= 0.6 is 11.6 Å². The molecule has 7 nitrogen and oxygen atoms in total. The Morgan fingerprint density at radius 3 is 2.39 bits per heavy atom. The van der Waals surface area contributed by atoms with Crippen LogP contribution < -0.4 is 0 Å². The number of sulfone groups is 1. The minimum absolute atomic E-state index is 0.121. The summed E-state index contributed by atoms with van der Waals surface area (Å²) in [6, 6.07) is 9.84. The first-order valence-electron chi connectivity index (χ1n) is 9.21. The maximum atomic E-state index is 13.0. The molecule has 3 rings (SSSR count). The lowest BCUT2D eigenvalue weighted by molar-refractivity contribution is 0.0643. The van der Waals surface area contributed by atoms with Crippen LogP contribution in [0.3, 0.4) is 0 Å². The molecule has 2 heterocycles. The van der Waals surface area contributed by atoms with Crippen LogP contribution in [0.2, 0.25) is 5.15 Å². The lowest BCUT2D eigenvalue weighted by atomic mass is 10.2. The SMILES string of the molecule is Cc1nn(Cc2ccccc2)c(Cl)c1C(=O)N1CCN(CCS(C)(=O)=O)CC1. The van der Waals surface area contributed by atoms with Crippen LogP contribution in [0.5, 0.6) is 0 Å². The molecule has 0 atom stereocenters. The van der Waals surface area contributed by atoms with Gasteiger partial charge in [0.05, 0.1) is 23.6 Å². The van der Waals surface area contributed by atoms with E-state index in [1.807, 2.05) is 30.3 Å². The number of carbonyl (C=O) groups excluding carboxylic acids is 1. The molecular formula is C19H25ClN4O3S. The third kappa shape index (κ3) is 5.12. The van der Waals surface area contributed by atoms with Crippen molar-refractivity contribution in [3.63, 3.8) is 0 Å². The van der Waals surface area contributed by atoms with Crippen molar-refractivity contribution < 1.29 is 13.2 Å². The second kappa shape index (κ2) is 8.63. The van der Waals surface area contributed by atoms with Crippen molar-refractivity contribution in [1.29, 1.82) is 0 Å². The first-order valence-corrected chi connectivity index (χ1v) is 11.6. The summed E-state index contributed by atoms with van der Waals surface area (Å²) in [7, 11) is -2.98. The molecule has 1 amide bonds. The molecule has 0 N–H and O–H groups in total. The number of hydrogen-bond acceptors (Lipinski definition) is 5. The molecule has 1 aromatic heterocycles. The highest BCUT2D eigenvalue weighted by Gasteiger charge is 2.28. The highest BCUT2D eigenvalue weighted by molar-refractivity contribution is 7.90. The van der Waals surface area contributed by atoms with Gasteiger partial charge in [0.2, 0.25) is 0 Å². The lowest BCUT2D eigenvalue weighted by Gasteiger charge is -2.34. The normalized spacial score (nSPS) is 15.8. The Balaban J connectivity index is 1.65. The second-order valence-electron chi connectivity index (χ2n) is 7.16. The predicted octanol–water partition coefficient (Wildman–Crippen LogP) is 1.70. The molecular weight excluding hydrogens is 400 g/mol. The van der Waals surface area contributed by atoms with Gasteiger partial charge in [-0.05, 0) is 12.5 Å². The summed E-state index contributed by atoms with van der Waals surface area (Å²) in [5.74, 6) is 0.0163. The molecule has 152 valence electrons. The fraction of sp³-hybridized carbons (Fsp3) is 0.474. The van der Waals surface area contributed by atoms with Crippen molar-refractivity contribution >= 4 is 27.3 Å². The number of benzene rings is 1. The fourth-order valence-electron chi connectivity index (χ4n) is 3.29. The Morgan fingerprint density at radius 2 is 1.79 bits per heavy atom. The average Bonchev–Trinajstić information content (AvgIpc) is 2.93. The summed E-state index contributed by atoms with van der Waals surface area (Å²) in [6.45, 7) is 5.18. The summed E-state index contributed by atoms with van der Waals surface area (Å²) in [5, 5.41) is 4.81. The molecule has 0 spiro atoms. The van der Waals surface area contributed by atoms with Gasteiger partial charge in [-0.2, -0.15) is 5.10 Å². The van der Waals surface area contributed by atoms with Crippen molar-refractivity contribution in [2.24, 2.45) is 0 Å². The van der Waals surface area contributed by atoms with Crippen LogP contribution in [0.1, 0.15) is 21.6 Å². The zero-order valence-electron chi connectivity index (χ0n) is 16.1. The first-order chi connectivity index (χ1) is 13.2. The third-order valence-electron chi connectivity index (χ3n) is 4.89. The number of nitrogens with zero attached hydrogens (tertiary/aromatic N) is 4. The standard InChI is InChI=1S/C19H25ClN4O3S/c1-15-17(18(20)24(21-15)14-16-6-4-3-5-7-16)19(25)23-10-8-22(9-11-23)12-13-28(2,26)27/h3-7H,8-14H2,1-2H3. The van der Waals surface area contributed by atoms with Crippen LogP contribution in [0.4, 0.5) is 0 Å². The Labute approximate surface area is 170 Å². The summed E-state index contributed by atoms with van der Waals surface area (Å²) >= 11 is 6.50.